The van der Waals surface area contributed by atoms with Crippen LogP contribution < -0.4 is 0 Å². The largest absolute Gasteiger partial charge is 0.216 e. The van der Waals surface area contributed by atoms with Crippen LogP contribution >= 0.6 is 0 Å². The van der Waals surface area contributed by atoms with Crippen molar-refractivity contribution in [2.45, 2.75) is 37.0 Å². The molecular formula is C10H16N4O2S. The molecule has 1 saturated carbocycles. The highest BCUT2D eigenvalue weighted by atomic mass is 32.2. The molecule has 1 aromatic rings. The Kier molecular flexibility index (Phi) is 2.67. The number of sulfonamides is 1. The zero-order valence-corrected chi connectivity index (χ0v) is 10.4. The Morgan fingerprint density at radius 3 is 2.12 bits per heavy atom. The molecule has 0 spiro atoms. The predicted octanol–water partition coefficient (Wildman–Crippen LogP) is 0.407. The van der Waals surface area contributed by atoms with Crippen LogP contribution in [0.15, 0.2) is 12.4 Å². The van der Waals surface area contributed by atoms with Gasteiger partial charge in [-0.15, -0.1) is 0 Å². The van der Waals surface area contributed by atoms with E-state index in [0.717, 1.165) is 25.7 Å². The molecule has 1 aliphatic carbocycles. The van der Waals surface area contributed by atoms with Gasteiger partial charge in [-0.05, 0) is 25.7 Å². The normalized spacial score (nSPS) is 24.0. The molecule has 2 heterocycles. The maximum Gasteiger partial charge on any atom is 0.216 e. The summed E-state index contributed by atoms with van der Waals surface area (Å²) in [7, 11) is -3.00. The van der Waals surface area contributed by atoms with Crippen LogP contribution in [0.4, 0.5) is 0 Å². The molecule has 7 heteroatoms. The van der Waals surface area contributed by atoms with Crippen LogP contribution in [0.5, 0.6) is 0 Å². The molecule has 1 aromatic heterocycles. The van der Waals surface area contributed by atoms with E-state index in [1.54, 1.807) is 21.5 Å². The molecule has 0 amide bonds. The van der Waals surface area contributed by atoms with Gasteiger partial charge in [0.2, 0.25) is 10.0 Å². The number of rotatable bonds is 3. The molecule has 94 valence electrons. The second-order valence-electron chi connectivity index (χ2n) is 4.72. The maximum absolute atomic E-state index is 12.0. The Morgan fingerprint density at radius 2 is 1.59 bits per heavy atom. The van der Waals surface area contributed by atoms with Gasteiger partial charge in [0, 0.05) is 13.1 Å². The fraction of sp³-hybridized carbons (Fsp3) is 0.800. The van der Waals surface area contributed by atoms with Crippen molar-refractivity contribution >= 4 is 10.0 Å². The topological polar surface area (TPSA) is 68.1 Å². The Morgan fingerprint density at radius 1 is 1.00 bits per heavy atom. The van der Waals surface area contributed by atoms with Gasteiger partial charge < -0.3 is 0 Å². The van der Waals surface area contributed by atoms with Gasteiger partial charge in [-0.2, -0.15) is 15.0 Å². The van der Waals surface area contributed by atoms with E-state index in [4.69, 9.17) is 0 Å². The van der Waals surface area contributed by atoms with Crippen molar-refractivity contribution in [2.24, 2.45) is 0 Å². The molecule has 2 fully saturated rings. The van der Waals surface area contributed by atoms with Crippen LogP contribution in [0, 0.1) is 0 Å². The molecule has 1 aliphatic heterocycles. The minimum Gasteiger partial charge on any atom is -0.212 e. The van der Waals surface area contributed by atoms with Crippen LogP contribution in [0.3, 0.4) is 0 Å². The molecule has 17 heavy (non-hydrogen) atoms. The molecule has 0 N–H and O–H groups in total. The summed E-state index contributed by atoms with van der Waals surface area (Å²) in [6.45, 7) is 1.20. The lowest BCUT2D eigenvalue weighted by molar-refractivity contribution is 0.244. The van der Waals surface area contributed by atoms with Crippen LogP contribution in [0.2, 0.25) is 0 Å². The van der Waals surface area contributed by atoms with E-state index in [-0.39, 0.29) is 11.3 Å². The highest BCUT2D eigenvalue weighted by molar-refractivity contribution is 7.90. The minimum absolute atomic E-state index is 0.0955. The van der Waals surface area contributed by atoms with Crippen molar-refractivity contribution < 1.29 is 8.42 Å². The van der Waals surface area contributed by atoms with Gasteiger partial charge >= 0.3 is 0 Å². The second kappa shape index (κ2) is 4.06. The molecule has 3 rings (SSSR count). The lowest BCUT2D eigenvalue weighted by atomic mass is 10.1. The van der Waals surface area contributed by atoms with Crippen LogP contribution in [0.25, 0.3) is 0 Å². The van der Waals surface area contributed by atoms with E-state index >= 15 is 0 Å². The number of piperidine rings is 1. The summed E-state index contributed by atoms with van der Waals surface area (Å²) in [4.78, 5) is 1.70. The summed E-state index contributed by atoms with van der Waals surface area (Å²) in [5.74, 6) is 0. The van der Waals surface area contributed by atoms with Crippen LogP contribution in [-0.2, 0) is 10.0 Å². The van der Waals surface area contributed by atoms with E-state index in [1.807, 2.05) is 0 Å². The predicted molar refractivity (Wildman–Crippen MR) is 61.8 cm³/mol. The Hall–Kier alpha value is -0.950. The third kappa shape index (κ3) is 2.09. The molecule has 0 aromatic carbocycles. The zero-order valence-electron chi connectivity index (χ0n) is 9.57. The van der Waals surface area contributed by atoms with Gasteiger partial charge in [0.1, 0.15) is 0 Å². The van der Waals surface area contributed by atoms with Crippen LogP contribution in [-0.4, -0.2) is 46.1 Å². The second-order valence-corrected chi connectivity index (χ2v) is 6.94. The lowest BCUT2D eigenvalue weighted by Gasteiger charge is -2.30. The van der Waals surface area contributed by atoms with Gasteiger partial charge in [-0.1, -0.05) is 0 Å². The fourth-order valence-electron chi connectivity index (χ4n) is 2.32. The Bertz CT molecular complexity index is 472. The standard InChI is InChI=1S/C10H16N4O2S/c15-17(16,10-1-2-10)13-7-3-9(4-8-13)14-11-5-6-12-14/h5-6,9-10H,1-4,7-8H2. The number of aromatic nitrogens is 3. The summed E-state index contributed by atoms with van der Waals surface area (Å²) in [6, 6.07) is 0.246. The van der Waals surface area contributed by atoms with Gasteiger partial charge in [0.05, 0.1) is 23.7 Å². The van der Waals surface area contributed by atoms with Gasteiger partial charge in [-0.25, -0.2) is 12.7 Å². The SMILES string of the molecule is O=S(=O)(C1CC1)N1CCC(n2nccn2)CC1. The van der Waals surface area contributed by atoms with E-state index in [2.05, 4.69) is 10.2 Å². The Labute approximate surface area is 101 Å². The first kappa shape index (κ1) is 11.2. The maximum atomic E-state index is 12.0. The highest BCUT2D eigenvalue weighted by Crippen LogP contribution is 2.33. The van der Waals surface area contributed by atoms with Crippen molar-refractivity contribution in [3.8, 4) is 0 Å². The van der Waals surface area contributed by atoms with Gasteiger partial charge in [-0.3, -0.25) is 0 Å². The van der Waals surface area contributed by atoms with Crippen molar-refractivity contribution in [2.75, 3.05) is 13.1 Å². The van der Waals surface area contributed by atoms with E-state index < -0.39 is 10.0 Å². The smallest absolute Gasteiger partial charge is 0.212 e. The van der Waals surface area contributed by atoms with Crippen LogP contribution in [0.1, 0.15) is 31.7 Å². The molecule has 0 radical (unpaired) electrons. The molecule has 0 atom stereocenters. The lowest BCUT2D eigenvalue weighted by Crippen LogP contribution is -2.41. The van der Waals surface area contributed by atoms with Gasteiger partial charge in [0.15, 0.2) is 0 Å². The summed E-state index contributed by atoms with van der Waals surface area (Å²) < 4.78 is 25.7. The Balaban J connectivity index is 1.64. The quantitative estimate of drug-likeness (QED) is 0.785. The fourth-order valence-corrected chi connectivity index (χ4v) is 4.19. The monoisotopic (exact) mass is 256 g/mol. The average molecular weight is 256 g/mol. The summed E-state index contributed by atoms with van der Waals surface area (Å²) in [5, 5.41) is 8.13. The first-order valence-corrected chi connectivity index (χ1v) is 7.53. The summed E-state index contributed by atoms with van der Waals surface area (Å²) >= 11 is 0. The number of nitrogens with zero attached hydrogens (tertiary/aromatic N) is 4. The first-order chi connectivity index (χ1) is 8.18. The molecule has 2 aliphatic rings. The van der Waals surface area contributed by atoms with Crippen molar-refractivity contribution in [3.05, 3.63) is 12.4 Å². The van der Waals surface area contributed by atoms with Crippen molar-refractivity contribution in [1.82, 2.24) is 19.3 Å². The number of hydrogen-bond donors (Lipinski definition) is 0. The third-order valence-electron chi connectivity index (χ3n) is 3.49. The summed E-state index contributed by atoms with van der Waals surface area (Å²) in [5.41, 5.74) is 0. The number of hydrogen-bond acceptors (Lipinski definition) is 4. The van der Waals surface area contributed by atoms with E-state index in [9.17, 15) is 8.42 Å². The average Bonchev–Trinajstić information content (AvgIpc) is 3.07. The molecule has 0 unspecified atom stereocenters. The van der Waals surface area contributed by atoms with E-state index in [1.165, 1.54) is 0 Å². The molecule has 0 bridgehead atoms. The van der Waals surface area contributed by atoms with Crippen molar-refractivity contribution in [3.63, 3.8) is 0 Å². The third-order valence-corrected chi connectivity index (χ3v) is 5.89. The molecule has 6 nitrogen and oxygen atoms in total. The minimum atomic E-state index is -3.00. The summed E-state index contributed by atoms with van der Waals surface area (Å²) in [6.07, 6.45) is 6.60. The zero-order chi connectivity index (χ0) is 11.9. The van der Waals surface area contributed by atoms with E-state index in [0.29, 0.717) is 13.1 Å². The molecule has 1 saturated heterocycles. The molecular weight excluding hydrogens is 240 g/mol. The van der Waals surface area contributed by atoms with Gasteiger partial charge in [0.25, 0.3) is 0 Å². The first-order valence-electron chi connectivity index (χ1n) is 6.02. The van der Waals surface area contributed by atoms with Crippen molar-refractivity contribution in [1.29, 1.82) is 0 Å². The highest BCUT2D eigenvalue weighted by Gasteiger charge is 2.41.